The van der Waals surface area contributed by atoms with Crippen molar-refractivity contribution in [1.82, 2.24) is 15.5 Å². The Morgan fingerprint density at radius 2 is 2.32 bits per heavy atom. The number of fused-ring (bicyclic) bond motifs is 1. The van der Waals surface area contributed by atoms with Crippen molar-refractivity contribution in [3.05, 3.63) is 33.1 Å². The van der Waals surface area contributed by atoms with Crippen molar-refractivity contribution in [2.24, 2.45) is 0 Å². The fraction of sp³-hybridized carbons (Fsp3) is 0.533. The number of carbonyl (C=O) groups is 1. The number of nitrogens with zero attached hydrogens (tertiary/aromatic N) is 2. The molecule has 0 aliphatic heterocycles. The molecule has 2 aromatic rings. The SMILES string of the molecule is COCc1noc(CCNC(=O)c2scc3c2CCCC3)n1. The van der Waals surface area contributed by atoms with Crippen molar-refractivity contribution in [2.45, 2.75) is 38.7 Å². The van der Waals surface area contributed by atoms with Crippen molar-refractivity contribution in [2.75, 3.05) is 13.7 Å². The Balaban J connectivity index is 1.53. The number of thiophene rings is 1. The lowest BCUT2D eigenvalue weighted by Gasteiger charge is -2.12. The van der Waals surface area contributed by atoms with Crippen LogP contribution in [0.15, 0.2) is 9.90 Å². The van der Waals surface area contributed by atoms with Crippen molar-refractivity contribution >= 4 is 17.2 Å². The summed E-state index contributed by atoms with van der Waals surface area (Å²) in [4.78, 5) is 17.3. The second-order valence-corrected chi connectivity index (χ2v) is 6.20. The average Bonchev–Trinajstić information content (AvgIpc) is 3.14. The smallest absolute Gasteiger partial charge is 0.261 e. The number of amides is 1. The molecule has 2 heterocycles. The molecular weight excluding hydrogens is 302 g/mol. The quantitative estimate of drug-likeness (QED) is 0.882. The minimum Gasteiger partial charge on any atom is -0.377 e. The van der Waals surface area contributed by atoms with E-state index in [0.717, 1.165) is 17.7 Å². The Kier molecular flexibility index (Phi) is 4.84. The van der Waals surface area contributed by atoms with Crippen LogP contribution in [0.5, 0.6) is 0 Å². The van der Waals surface area contributed by atoms with Crippen LogP contribution in [0.1, 0.15) is 45.4 Å². The third kappa shape index (κ3) is 3.36. The van der Waals surface area contributed by atoms with Gasteiger partial charge in [-0.05, 0) is 42.2 Å². The highest BCUT2D eigenvalue weighted by atomic mass is 32.1. The molecule has 2 aromatic heterocycles. The van der Waals surface area contributed by atoms with Gasteiger partial charge in [-0.15, -0.1) is 11.3 Å². The first-order valence-corrected chi connectivity index (χ1v) is 8.33. The Labute approximate surface area is 132 Å². The lowest BCUT2D eigenvalue weighted by atomic mass is 9.94. The Hall–Kier alpha value is -1.73. The summed E-state index contributed by atoms with van der Waals surface area (Å²) in [5, 5.41) is 8.85. The Morgan fingerprint density at radius 1 is 1.45 bits per heavy atom. The van der Waals surface area contributed by atoms with Crippen LogP contribution in [0.25, 0.3) is 0 Å². The minimum absolute atomic E-state index is 0.00443. The monoisotopic (exact) mass is 321 g/mol. The normalized spacial score (nSPS) is 13.9. The van der Waals surface area contributed by atoms with Gasteiger partial charge in [0.15, 0.2) is 5.82 Å². The van der Waals surface area contributed by atoms with E-state index in [1.165, 1.54) is 24.0 Å². The number of aromatic nitrogens is 2. The zero-order valence-electron chi connectivity index (χ0n) is 12.6. The highest BCUT2D eigenvalue weighted by molar-refractivity contribution is 7.12. The number of carbonyl (C=O) groups excluding carboxylic acids is 1. The Morgan fingerprint density at radius 3 is 3.18 bits per heavy atom. The number of aryl methyl sites for hydroxylation is 1. The summed E-state index contributed by atoms with van der Waals surface area (Å²) >= 11 is 1.55. The van der Waals surface area contributed by atoms with Crippen molar-refractivity contribution in [3.63, 3.8) is 0 Å². The topological polar surface area (TPSA) is 77.3 Å². The van der Waals surface area contributed by atoms with Gasteiger partial charge in [0.1, 0.15) is 6.61 Å². The van der Waals surface area contributed by atoms with E-state index in [1.807, 2.05) is 0 Å². The summed E-state index contributed by atoms with van der Waals surface area (Å²) in [6, 6.07) is 0. The molecule has 0 radical (unpaired) electrons. The molecule has 1 aliphatic rings. The van der Waals surface area contributed by atoms with Crippen molar-refractivity contribution in [1.29, 1.82) is 0 Å². The number of rotatable bonds is 6. The van der Waals surface area contributed by atoms with Gasteiger partial charge < -0.3 is 14.6 Å². The average molecular weight is 321 g/mol. The fourth-order valence-electron chi connectivity index (χ4n) is 2.65. The molecule has 118 valence electrons. The van der Waals surface area contributed by atoms with Crippen molar-refractivity contribution < 1.29 is 14.1 Å². The largest absolute Gasteiger partial charge is 0.377 e. The molecule has 1 amide bonds. The number of hydrogen-bond acceptors (Lipinski definition) is 6. The summed E-state index contributed by atoms with van der Waals surface area (Å²) in [6.07, 6.45) is 5.05. The van der Waals surface area contributed by atoms with Gasteiger partial charge in [0.05, 0.1) is 4.88 Å². The standard InChI is InChI=1S/C15H19N3O3S/c1-20-8-12-17-13(21-18-12)6-7-16-15(19)14-11-5-3-2-4-10(11)9-22-14/h9H,2-8H2,1H3,(H,16,19). The van der Waals surface area contributed by atoms with Crippen LogP contribution in [0.4, 0.5) is 0 Å². The number of ether oxygens (including phenoxy) is 1. The van der Waals surface area contributed by atoms with Gasteiger partial charge in [-0.25, -0.2) is 0 Å². The van der Waals surface area contributed by atoms with Gasteiger partial charge in [0.25, 0.3) is 5.91 Å². The summed E-state index contributed by atoms with van der Waals surface area (Å²) < 4.78 is 10.0. The van der Waals surface area contributed by atoms with E-state index in [9.17, 15) is 4.79 Å². The predicted octanol–water partition coefficient (Wildman–Crippen LogP) is 2.13. The molecule has 0 aromatic carbocycles. The van der Waals surface area contributed by atoms with E-state index < -0.39 is 0 Å². The predicted molar refractivity (Wildman–Crippen MR) is 82.0 cm³/mol. The summed E-state index contributed by atoms with van der Waals surface area (Å²) in [5.74, 6) is 1.04. The van der Waals surface area contributed by atoms with E-state index in [1.54, 1.807) is 18.4 Å². The Bertz CT molecular complexity index is 650. The maximum absolute atomic E-state index is 12.3. The molecule has 3 rings (SSSR count). The molecule has 7 heteroatoms. The third-order valence-corrected chi connectivity index (χ3v) is 4.79. The molecule has 0 bridgehead atoms. The first-order valence-electron chi connectivity index (χ1n) is 7.45. The maximum Gasteiger partial charge on any atom is 0.261 e. The van der Waals surface area contributed by atoms with Gasteiger partial charge in [-0.3, -0.25) is 4.79 Å². The zero-order valence-corrected chi connectivity index (χ0v) is 13.4. The van der Waals surface area contributed by atoms with E-state index >= 15 is 0 Å². The summed E-state index contributed by atoms with van der Waals surface area (Å²) in [7, 11) is 1.58. The minimum atomic E-state index is 0.00443. The molecule has 0 saturated carbocycles. The molecule has 0 saturated heterocycles. The molecule has 6 nitrogen and oxygen atoms in total. The summed E-state index contributed by atoms with van der Waals surface area (Å²) in [5.41, 5.74) is 2.59. The maximum atomic E-state index is 12.3. The molecule has 1 aliphatic carbocycles. The van der Waals surface area contributed by atoms with Crippen molar-refractivity contribution in [3.8, 4) is 0 Å². The molecule has 0 spiro atoms. The van der Waals surface area contributed by atoms with E-state index in [2.05, 4.69) is 20.8 Å². The number of nitrogens with one attached hydrogen (secondary N) is 1. The second kappa shape index (κ2) is 7.02. The van der Waals surface area contributed by atoms with Crippen LogP contribution in [-0.2, 0) is 30.6 Å². The van der Waals surface area contributed by atoms with Gasteiger partial charge >= 0.3 is 0 Å². The number of hydrogen-bond donors (Lipinski definition) is 1. The molecule has 0 atom stereocenters. The summed E-state index contributed by atoms with van der Waals surface area (Å²) in [6.45, 7) is 0.817. The van der Waals surface area contributed by atoms with E-state index in [-0.39, 0.29) is 5.91 Å². The third-order valence-electron chi connectivity index (χ3n) is 3.72. The molecule has 1 N–H and O–H groups in total. The molecule has 0 unspecified atom stereocenters. The van der Waals surface area contributed by atoms with Crippen LogP contribution in [0, 0.1) is 0 Å². The van der Waals surface area contributed by atoms with Gasteiger partial charge in [-0.2, -0.15) is 4.98 Å². The first kappa shape index (κ1) is 15.2. The molecule has 0 fully saturated rings. The van der Waals surface area contributed by atoms with Crippen LogP contribution in [0.3, 0.4) is 0 Å². The van der Waals surface area contributed by atoms with Gasteiger partial charge in [-0.1, -0.05) is 5.16 Å². The van der Waals surface area contributed by atoms with Crippen LogP contribution < -0.4 is 5.32 Å². The number of methoxy groups -OCH3 is 1. The first-order chi connectivity index (χ1) is 10.8. The van der Waals surface area contributed by atoms with E-state index in [0.29, 0.717) is 31.3 Å². The molecular formula is C15H19N3O3S. The van der Waals surface area contributed by atoms with E-state index in [4.69, 9.17) is 9.26 Å². The zero-order chi connectivity index (χ0) is 15.4. The fourth-order valence-corrected chi connectivity index (χ4v) is 3.73. The van der Waals surface area contributed by atoms with Crippen LogP contribution >= 0.6 is 11.3 Å². The highest BCUT2D eigenvalue weighted by Crippen LogP contribution is 2.29. The van der Waals surface area contributed by atoms with Gasteiger partial charge in [0.2, 0.25) is 5.89 Å². The lowest BCUT2D eigenvalue weighted by Crippen LogP contribution is -2.26. The van der Waals surface area contributed by atoms with Crippen LogP contribution in [0.2, 0.25) is 0 Å². The van der Waals surface area contributed by atoms with Gasteiger partial charge in [0, 0.05) is 20.1 Å². The molecule has 22 heavy (non-hydrogen) atoms. The highest BCUT2D eigenvalue weighted by Gasteiger charge is 2.20. The second-order valence-electron chi connectivity index (χ2n) is 5.32. The lowest BCUT2D eigenvalue weighted by molar-refractivity contribution is 0.0956. The van der Waals surface area contributed by atoms with Crippen LogP contribution in [-0.4, -0.2) is 29.7 Å².